The standard InChI is InChI=1S/C11H17ClN4O2/c1-17-9-14-8(12)15-10(16-9)18-7-11(13)5-3-2-4-6-11/h2-7,13H2,1H3. The average molecular weight is 273 g/mol. The van der Waals surface area contributed by atoms with Crippen molar-refractivity contribution in [2.24, 2.45) is 5.73 Å². The fraction of sp³-hybridized carbons (Fsp3) is 0.727. The van der Waals surface area contributed by atoms with Gasteiger partial charge in [0.05, 0.1) is 12.6 Å². The maximum absolute atomic E-state index is 6.26. The SMILES string of the molecule is COc1nc(Cl)nc(OCC2(N)CCCCC2)n1. The van der Waals surface area contributed by atoms with Gasteiger partial charge in [0.15, 0.2) is 0 Å². The molecule has 0 amide bonds. The van der Waals surface area contributed by atoms with Crippen LogP contribution in [0.5, 0.6) is 12.0 Å². The van der Waals surface area contributed by atoms with Crippen molar-refractivity contribution < 1.29 is 9.47 Å². The van der Waals surface area contributed by atoms with E-state index in [9.17, 15) is 0 Å². The van der Waals surface area contributed by atoms with Crippen LogP contribution in [-0.4, -0.2) is 34.2 Å². The van der Waals surface area contributed by atoms with Gasteiger partial charge in [0.25, 0.3) is 0 Å². The maximum atomic E-state index is 6.26. The third kappa shape index (κ3) is 3.43. The molecule has 6 nitrogen and oxygen atoms in total. The first kappa shape index (κ1) is 13.3. The summed E-state index contributed by atoms with van der Waals surface area (Å²) in [7, 11) is 1.46. The highest BCUT2D eigenvalue weighted by atomic mass is 35.5. The van der Waals surface area contributed by atoms with Crippen LogP contribution in [0.2, 0.25) is 5.28 Å². The van der Waals surface area contributed by atoms with E-state index in [0.29, 0.717) is 6.61 Å². The van der Waals surface area contributed by atoms with Gasteiger partial charge in [-0.15, -0.1) is 4.98 Å². The Balaban J connectivity index is 1.98. The smallest absolute Gasteiger partial charge is 0.323 e. The fourth-order valence-electron chi connectivity index (χ4n) is 2.08. The first-order valence-electron chi connectivity index (χ1n) is 5.99. The Kier molecular flexibility index (Phi) is 4.19. The second-order valence-corrected chi connectivity index (χ2v) is 4.92. The zero-order valence-corrected chi connectivity index (χ0v) is 11.1. The van der Waals surface area contributed by atoms with Gasteiger partial charge in [0, 0.05) is 0 Å². The number of halogens is 1. The monoisotopic (exact) mass is 272 g/mol. The van der Waals surface area contributed by atoms with Crippen molar-refractivity contribution in [2.45, 2.75) is 37.6 Å². The van der Waals surface area contributed by atoms with E-state index in [-0.39, 0.29) is 22.8 Å². The molecular formula is C11H17ClN4O2. The number of nitrogens with zero attached hydrogens (tertiary/aromatic N) is 3. The Bertz CT molecular complexity index is 410. The van der Waals surface area contributed by atoms with Crippen molar-refractivity contribution in [1.29, 1.82) is 0 Å². The van der Waals surface area contributed by atoms with Crippen LogP contribution in [0.1, 0.15) is 32.1 Å². The van der Waals surface area contributed by atoms with Gasteiger partial charge in [0.1, 0.15) is 6.61 Å². The number of hydrogen-bond acceptors (Lipinski definition) is 6. The lowest BCUT2D eigenvalue weighted by Crippen LogP contribution is -2.47. The lowest BCUT2D eigenvalue weighted by atomic mass is 9.83. The van der Waals surface area contributed by atoms with Crippen molar-refractivity contribution in [2.75, 3.05) is 13.7 Å². The van der Waals surface area contributed by atoms with E-state index < -0.39 is 0 Å². The predicted molar refractivity (Wildman–Crippen MR) is 66.9 cm³/mol. The molecule has 0 aromatic carbocycles. The van der Waals surface area contributed by atoms with Crippen LogP contribution < -0.4 is 15.2 Å². The third-order valence-electron chi connectivity index (χ3n) is 3.09. The lowest BCUT2D eigenvalue weighted by Gasteiger charge is -2.32. The van der Waals surface area contributed by atoms with Crippen molar-refractivity contribution in [3.05, 3.63) is 5.28 Å². The second-order valence-electron chi connectivity index (χ2n) is 4.59. The summed E-state index contributed by atoms with van der Waals surface area (Å²) in [5.41, 5.74) is 5.97. The van der Waals surface area contributed by atoms with Crippen molar-refractivity contribution in [1.82, 2.24) is 15.0 Å². The van der Waals surface area contributed by atoms with E-state index in [1.54, 1.807) is 0 Å². The minimum Gasteiger partial charge on any atom is -0.467 e. The minimum absolute atomic E-state index is 0.0477. The van der Waals surface area contributed by atoms with Gasteiger partial charge >= 0.3 is 12.0 Å². The molecule has 1 aromatic rings. The third-order valence-corrected chi connectivity index (χ3v) is 3.26. The molecule has 18 heavy (non-hydrogen) atoms. The molecule has 0 radical (unpaired) electrons. The quantitative estimate of drug-likeness (QED) is 0.896. The van der Waals surface area contributed by atoms with Gasteiger partial charge in [-0.2, -0.15) is 9.97 Å². The Morgan fingerprint density at radius 1 is 1.17 bits per heavy atom. The number of rotatable bonds is 4. The number of hydrogen-bond donors (Lipinski definition) is 1. The van der Waals surface area contributed by atoms with Crippen LogP contribution in [-0.2, 0) is 0 Å². The van der Waals surface area contributed by atoms with Crippen LogP contribution in [0.3, 0.4) is 0 Å². The normalized spacial score (nSPS) is 18.4. The van der Waals surface area contributed by atoms with Crippen molar-refractivity contribution >= 4 is 11.6 Å². The summed E-state index contributed by atoms with van der Waals surface area (Å²) in [6.07, 6.45) is 5.44. The highest BCUT2D eigenvalue weighted by Gasteiger charge is 2.28. The largest absolute Gasteiger partial charge is 0.467 e. The van der Waals surface area contributed by atoms with Gasteiger partial charge < -0.3 is 15.2 Å². The van der Waals surface area contributed by atoms with E-state index in [0.717, 1.165) is 25.7 Å². The number of nitrogens with two attached hydrogens (primary N) is 1. The Labute approximate surface area is 111 Å². The van der Waals surface area contributed by atoms with Crippen molar-refractivity contribution in [3.63, 3.8) is 0 Å². The molecule has 1 aromatic heterocycles. The molecule has 1 fully saturated rings. The molecule has 2 N–H and O–H groups in total. The Hall–Kier alpha value is -1.14. The summed E-state index contributed by atoms with van der Waals surface area (Å²) in [6.45, 7) is 0.385. The predicted octanol–water partition coefficient (Wildman–Crippen LogP) is 1.57. The Morgan fingerprint density at radius 3 is 2.50 bits per heavy atom. The summed E-state index contributed by atoms with van der Waals surface area (Å²) >= 11 is 5.73. The summed E-state index contributed by atoms with van der Waals surface area (Å²) in [6, 6.07) is 0.293. The molecule has 1 aliphatic rings. The molecule has 2 rings (SSSR count). The number of methoxy groups -OCH3 is 1. The average Bonchev–Trinajstić information content (AvgIpc) is 2.37. The highest BCUT2D eigenvalue weighted by Crippen LogP contribution is 2.26. The molecule has 0 bridgehead atoms. The van der Waals surface area contributed by atoms with Crippen LogP contribution >= 0.6 is 11.6 Å². The van der Waals surface area contributed by atoms with Crippen LogP contribution in [0.15, 0.2) is 0 Å². The molecule has 0 aliphatic heterocycles. The van der Waals surface area contributed by atoms with Gasteiger partial charge in [-0.25, -0.2) is 0 Å². The molecule has 0 spiro atoms. The topological polar surface area (TPSA) is 83.2 Å². The summed E-state index contributed by atoms with van der Waals surface area (Å²) in [5.74, 6) is 0. The molecular weight excluding hydrogens is 256 g/mol. The number of ether oxygens (including phenoxy) is 2. The zero-order chi connectivity index (χ0) is 13.0. The lowest BCUT2D eigenvalue weighted by molar-refractivity contribution is 0.162. The van der Waals surface area contributed by atoms with Crippen molar-refractivity contribution in [3.8, 4) is 12.0 Å². The van der Waals surface area contributed by atoms with Gasteiger partial charge in [-0.05, 0) is 24.4 Å². The summed E-state index contributed by atoms with van der Waals surface area (Å²) in [4.78, 5) is 11.6. The Morgan fingerprint density at radius 2 is 1.83 bits per heavy atom. The van der Waals surface area contributed by atoms with E-state index in [2.05, 4.69) is 15.0 Å². The molecule has 1 heterocycles. The molecule has 1 aliphatic carbocycles. The van der Waals surface area contributed by atoms with E-state index in [4.69, 9.17) is 26.8 Å². The van der Waals surface area contributed by atoms with E-state index in [1.807, 2.05) is 0 Å². The van der Waals surface area contributed by atoms with Gasteiger partial charge in [-0.3, -0.25) is 0 Å². The highest BCUT2D eigenvalue weighted by molar-refractivity contribution is 6.28. The summed E-state index contributed by atoms with van der Waals surface area (Å²) < 4.78 is 10.4. The number of aromatic nitrogens is 3. The molecule has 0 saturated heterocycles. The molecule has 0 unspecified atom stereocenters. The summed E-state index contributed by atoms with van der Waals surface area (Å²) in [5, 5.41) is 0.0477. The molecule has 100 valence electrons. The van der Waals surface area contributed by atoms with Crippen LogP contribution in [0.4, 0.5) is 0 Å². The molecule has 0 atom stereocenters. The first-order chi connectivity index (χ1) is 8.61. The van der Waals surface area contributed by atoms with Crippen LogP contribution in [0, 0.1) is 0 Å². The second kappa shape index (κ2) is 5.67. The van der Waals surface area contributed by atoms with E-state index in [1.165, 1.54) is 13.5 Å². The van der Waals surface area contributed by atoms with Crippen LogP contribution in [0.25, 0.3) is 0 Å². The van der Waals surface area contributed by atoms with Gasteiger partial charge in [-0.1, -0.05) is 19.3 Å². The fourth-order valence-corrected chi connectivity index (χ4v) is 2.22. The first-order valence-corrected chi connectivity index (χ1v) is 6.36. The molecule has 7 heteroatoms. The zero-order valence-electron chi connectivity index (χ0n) is 10.4. The molecule has 1 saturated carbocycles. The maximum Gasteiger partial charge on any atom is 0.323 e. The minimum atomic E-state index is -0.287. The van der Waals surface area contributed by atoms with E-state index >= 15 is 0 Å². The van der Waals surface area contributed by atoms with Gasteiger partial charge in [0.2, 0.25) is 5.28 Å².